The number of hydrogen-bond acceptors (Lipinski definition) is 4. The molecule has 1 aliphatic heterocycles. The highest BCUT2D eigenvalue weighted by atomic mass is 16.6. The van der Waals surface area contributed by atoms with Crippen molar-refractivity contribution in [3.8, 4) is 0 Å². The van der Waals surface area contributed by atoms with Gasteiger partial charge in [0.05, 0.1) is 5.71 Å². The highest BCUT2D eigenvalue weighted by molar-refractivity contribution is 6.39. The van der Waals surface area contributed by atoms with Crippen molar-refractivity contribution in [2.45, 2.75) is 32.4 Å². The predicted octanol–water partition coefficient (Wildman–Crippen LogP) is 2.52. The molecular weight excluding hydrogens is 228 g/mol. The van der Waals surface area contributed by atoms with Gasteiger partial charge in [-0.05, 0) is 26.3 Å². The van der Waals surface area contributed by atoms with Crippen LogP contribution in [0.25, 0.3) is 0 Å². The first-order chi connectivity index (χ1) is 8.42. The van der Waals surface area contributed by atoms with E-state index in [1.807, 2.05) is 45.0 Å². The number of carbonyl (C=O) groups excluding carboxylic acids is 1. The fraction of sp³-hybridized carbons (Fsp3) is 0.357. The molecular formula is C14H16N2O2. The molecule has 0 aromatic heterocycles. The molecule has 4 nitrogen and oxygen atoms in total. The Morgan fingerprint density at radius 3 is 2.67 bits per heavy atom. The van der Waals surface area contributed by atoms with Gasteiger partial charge in [-0.3, -0.25) is 4.99 Å². The van der Waals surface area contributed by atoms with Gasteiger partial charge in [-0.15, -0.1) is 0 Å². The lowest BCUT2D eigenvalue weighted by Crippen LogP contribution is -2.26. The van der Waals surface area contributed by atoms with E-state index in [1.165, 1.54) is 6.21 Å². The van der Waals surface area contributed by atoms with Crippen molar-refractivity contribution in [2.24, 2.45) is 4.99 Å². The number of carbonyl (C=O) groups is 1. The highest BCUT2D eigenvalue weighted by Crippen LogP contribution is 2.31. The third-order valence-corrected chi connectivity index (χ3v) is 2.57. The first-order valence-corrected chi connectivity index (χ1v) is 5.83. The number of nitrogens with one attached hydrogen (secondary N) is 1. The van der Waals surface area contributed by atoms with Gasteiger partial charge < -0.3 is 10.1 Å². The number of nitrogens with zero attached hydrogens (tertiary/aromatic N) is 1. The van der Waals surface area contributed by atoms with Crippen LogP contribution >= 0.6 is 0 Å². The van der Waals surface area contributed by atoms with E-state index in [0.29, 0.717) is 5.71 Å². The monoisotopic (exact) mass is 244 g/mol. The van der Waals surface area contributed by atoms with E-state index in [2.05, 4.69) is 4.99 Å². The first kappa shape index (κ1) is 12.5. The third-order valence-electron chi connectivity index (χ3n) is 2.57. The Bertz CT molecular complexity index is 527. The smallest absolute Gasteiger partial charge is 0.336 e. The van der Waals surface area contributed by atoms with Crippen molar-refractivity contribution in [2.75, 3.05) is 0 Å². The number of aliphatic imine (C=N–C) groups is 1. The van der Waals surface area contributed by atoms with Crippen LogP contribution in [0.1, 0.15) is 37.9 Å². The minimum Gasteiger partial charge on any atom is -0.458 e. The molecule has 0 fully saturated rings. The Morgan fingerprint density at radius 1 is 1.39 bits per heavy atom. The van der Waals surface area contributed by atoms with Gasteiger partial charge in [0.1, 0.15) is 5.60 Å². The predicted molar refractivity (Wildman–Crippen MR) is 70.3 cm³/mol. The molecule has 0 bridgehead atoms. The zero-order valence-corrected chi connectivity index (χ0v) is 10.7. The summed E-state index contributed by atoms with van der Waals surface area (Å²) in [6.07, 6.45) is 1.17. The molecule has 0 unspecified atom stereocenters. The highest BCUT2D eigenvalue weighted by Gasteiger charge is 2.32. The molecule has 94 valence electrons. The van der Waals surface area contributed by atoms with E-state index in [-0.39, 0.29) is 5.97 Å². The summed E-state index contributed by atoms with van der Waals surface area (Å²) in [6, 6.07) is 6.80. The molecule has 0 saturated carbocycles. The van der Waals surface area contributed by atoms with Crippen LogP contribution in [0.2, 0.25) is 0 Å². The molecule has 1 N–H and O–H groups in total. The van der Waals surface area contributed by atoms with E-state index in [4.69, 9.17) is 10.1 Å². The summed E-state index contributed by atoms with van der Waals surface area (Å²) in [5.74, 6) is -0.369. The molecule has 1 atom stereocenters. The van der Waals surface area contributed by atoms with Crippen molar-refractivity contribution in [1.29, 1.82) is 5.41 Å². The van der Waals surface area contributed by atoms with Crippen LogP contribution in [0, 0.1) is 5.41 Å². The van der Waals surface area contributed by atoms with E-state index in [1.54, 1.807) is 0 Å². The Morgan fingerprint density at radius 2 is 2.06 bits per heavy atom. The molecule has 4 heteroatoms. The largest absolute Gasteiger partial charge is 0.458 e. The van der Waals surface area contributed by atoms with Crippen LogP contribution < -0.4 is 0 Å². The lowest BCUT2D eigenvalue weighted by atomic mass is 10.0. The summed E-state index contributed by atoms with van der Waals surface area (Å²) in [5, 5.41) is 7.33. The Labute approximate surface area is 106 Å². The number of rotatable bonds is 2. The lowest BCUT2D eigenvalue weighted by Gasteiger charge is -2.21. The molecule has 0 spiro atoms. The summed E-state index contributed by atoms with van der Waals surface area (Å²) < 4.78 is 5.35. The van der Waals surface area contributed by atoms with Crippen LogP contribution in [0.3, 0.4) is 0 Å². The SMILES string of the molecule is CC(C)(C)OC(=O)[C@H]1N=C(C=N)c2ccccc21. The second-order valence-electron chi connectivity index (χ2n) is 5.18. The standard InChI is InChI=1S/C14H16N2O2/c1-14(2,3)18-13(17)12-10-7-5-4-6-9(10)11(8-15)16-12/h4-8,12,15H,1-3H3/t12-/m0/s1. The van der Waals surface area contributed by atoms with Crippen LogP contribution in [0.5, 0.6) is 0 Å². The molecule has 0 saturated heterocycles. The van der Waals surface area contributed by atoms with Gasteiger partial charge in [0, 0.05) is 11.8 Å². The molecule has 0 amide bonds. The Kier molecular flexibility index (Phi) is 3.03. The topological polar surface area (TPSA) is 62.5 Å². The van der Waals surface area contributed by atoms with Crippen molar-refractivity contribution >= 4 is 17.9 Å². The normalized spacial score (nSPS) is 17.9. The van der Waals surface area contributed by atoms with Gasteiger partial charge in [0.15, 0.2) is 6.04 Å². The average molecular weight is 244 g/mol. The maximum Gasteiger partial charge on any atom is 0.336 e. The minimum atomic E-state index is -0.642. The van der Waals surface area contributed by atoms with Crippen molar-refractivity contribution in [3.05, 3.63) is 35.4 Å². The first-order valence-electron chi connectivity index (χ1n) is 5.83. The summed E-state index contributed by atoms with van der Waals surface area (Å²) >= 11 is 0. The zero-order chi connectivity index (χ0) is 13.3. The fourth-order valence-electron chi connectivity index (χ4n) is 1.90. The van der Waals surface area contributed by atoms with Gasteiger partial charge in [-0.2, -0.15) is 0 Å². The number of fused-ring (bicyclic) bond motifs is 1. The molecule has 2 rings (SSSR count). The molecule has 18 heavy (non-hydrogen) atoms. The molecule has 1 aliphatic rings. The van der Waals surface area contributed by atoms with Crippen LogP contribution in [-0.4, -0.2) is 23.5 Å². The minimum absolute atomic E-state index is 0.369. The van der Waals surface area contributed by atoms with Gasteiger partial charge in [-0.1, -0.05) is 24.3 Å². The second kappa shape index (κ2) is 4.37. The fourth-order valence-corrected chi connectivity index (χ4v) is 1.90. The molecule has 1 aromatic carbocycles. The average Bonchev–Trinajstić information content (AvgIpc) is 2.65. The van der Waals surface area contributed by atoms with Gasteiger partial charge in [0.2, 0.25) is 0 Å². The van der Waals surface area contributed by atoms with E-state index < -0.39 is 11.6 Å². The third kappa shape index (κ3) is 2.32. The van der Waals surface area contributed by atoms with Crippen molar-refractivity contribution in [3.63, 3.8) is 0 Å². The molecule has 0 radical (unpaired) electrons. The van der Waals surface area contributed by atoms with Gasteiger partial charge in [0.25, 0.3) is 0 Å². The zero-order valence-electron chi connectivity index (χ0n) is 10.7. The van der Waals surface area contributed by atoms with E-state index >= 15 is 0 Å². The summed E-state index contributed by atoms with van der Waals surface area (Å²) in [5.41, 5.74) is 1.64. The van der Waals surface area contributed by atoms with Gasteiger partial charge >= 0.3 is 5.97 Å². The Hall–Kier alpha value is -1.97. The second-order valence-corrected chi connectivity index (χ2v) is 5.18. The summed E-state index contributed by atoms with van der Waals surface area (Å²) in [6.45, 7) is 5.48. The van der Waals surface area contributed by atoms with Crippen LogP contribution in [0.15, 0.2) is 29.3 Å². The quantitative estimate of drug-likeness (QED) is 0.641. The Balaban J connectivity index is 2.34. The van der Waals surface area contributed by atoms with Gasteiger partial charge in [-0.25, -0.2) is 4.79 Å². The number of benzene rings is 1. The number of hydrogen-bond donors (Lipinski definition) is 1. The maximum absolute atomic E-state index is 12.1. The van der Waals surface area contributed by atoms with E-state index in [0.717, 1.165) is 11.1 Å². The number of ether oxygens (including phenoxy) is 1. The lowest BCUT2D eigenvalue weighted by molar-refractivity contribution is -0.156. The van der Waals surface area contributed by atoms with Crippen LogP contribution in [-0.2, 0) is 9.53 Å². The summed E-state index contributed by atoms with van der Waals surface area (Å²) in [7, 11) is 0. The summed E-state index contributed by atoms with van der Waals surface area (Å²) in [4.78, 5) is 16.3. The number of esters is 1. The molecule has 1 heterocycles. The van der Waals surface area contributed by atoms with Crippen molar-refractivity contribution in [1.82, 2.24) is 0 Å². The molecule has 1 aromatic rings. The van der Waals surface area contributed by atoms with Crippen molar-refractivity contribution < 1.29 is 9.53 Å². The molecule has 0 aliphatic carbocycles. The van der Waals surface area contributed by atoms with Crippen LogP contribution in [0.4, 0.5) is 0 Å². The van der Waals surface area contributed by atoms with E-state index in [9.17, 15) is 4.79 Å². The maximum atomic E-state index is 12.1.